The van der Waals surface area contributed by atoms with Crippen molar-refractivity contribution in [3.05, 3.63) is 17.5 Å². The van der Waals surface area contributed by atoms with Gasteiger partial charge in [0.05, 0.1) is 12.3 Å². The Hall–Kier alpha value is -2.42. The SMILES string of the molecule is Cc1cnoc1C(=O)N1CC[C@H](NC(=O)C2CCN(C3CC3)C2=O)C[C@H](O)C1. The summed E-state index contributed by atoms with van der Waals surface area (Å²) in [6.07, 6.45) is 4.18. The Morgan fingerprint density at radius 1 is 1.25 bits per heavy atom. The van der Waals surface area contributed by atoms with Crippen molar-refractivity contribution in [2.45, 2.75) is 57.2 Å². The van der Waals surface area contributed by atoms with Gasteiger partial charge in [-0.1, -0.05) is 5.16 Å². The molecule has 3 atom stereocenters. The lowest BCUT2D eigenvalue weighted by atomic mass is 10.0. The molecule has 4 rings (SSSR count). The average molecular weight is 390 g/mol. The van der Waals surface area contributed by atoms with Crippen molar-refractivity contribution in [3.63, 3.8) is 0 Å². The van der Waals surface area contributed by atoms with E-state index in [4.69, 9.17) is 4.52 Å². The number of amides is 3. The van der Waals surface area contributed by atoms with Crippen molar-refractivity contribution < 1.29 is 24.0 Å². The first-order chi connectivity index (χ1) is 13.4. The van der Waals surface area contributed by atoms with Gasteiger partial charge < -0.3 is 24.7 Å². The fourth-order valence-electron chi connectivity index (χ4n) is 4.13. The molecule has 1 aliphatic carbocycles. The van der Waals surface area contributed by atoms with E-state index in [9.17, 15) is 19.5 Å². The number of carbonyl (C=O) groups is 3. The summed E-state index contributed by atoms with van der Waals surface area (Å²) >= 11 is 0. The predicted octanol–water partition coefficient (Wildman–Crippen LogP) is 0.0756. The summed E-state index contributed by atoms with van der Waals surface area (Å²) < 4.78 is 5.03. The zero-order valence-corrected chi connectivity index (χ0v) is 16.0. The van der Waals surface area contributed by atoms with E-state index in [1.165, 1.54) is 11.1 Å². The van der Waals surface area contributed by atoms with E-state index >= 15 is 0 Å². The highest BCUT2D eigenvalue weighted by molar-refractivity contribution is 6.02. The fourth-order valence-corrected chi connectivity index (χ4v) is 4.13. The van der Waals surface area contributed by atoms with Crippen LogP contribution in [0.2, 0.25) is 0 Å². The molecule has 3 heterocycles. The summed E-state index contributed by atoms with van der Waals surface area (Å²) in [4.78, 5) is 41.1. The molecule has 3 aliphatic rings. The minimum atomic E-state index is -0.762. The summed E-state index contributed by atoms with van der Waals surface area (Å²) in [7, 11) is 0. The lowest BCUT2D eigenvalue weighted by molar-refractivity contribution is -0.138. The summed E-state index contributed by atoms with van der Waals surface area (Å²) in [5.74, 6) is -1.11. The average Bonchev–Trinajstić information content (AvgIpc) is 3.33. The maximum Gasteiger partial charge on any atom is 0.292 e. The quantitative estimate of drug-likeness (QED) is 0.703. The van der Waals surface area contributed by atoms with Gasteiger partial charge in [0.15, 0.2) is 0 Å². The first-order valence-corrected chi connectivity index (χ1v) is 9.93. The number of nitrogens with zero attached hydrogens (tertiary/aromatic N) is 3. The van der Waals surface area contributed by atoms with E-state index in [2.05, 4.69) is 10.5 Å². The van der Waals surface area contributed by atoms with Gasteiger partial charge in [-0.25, -0.2) is 0 Å². The van der Waals surface area contributed by atoms with Crippen LogP contribution in [-0.4, -0.2) is 75.6 Å². The van der Waals surface area contributed by atoms with Crippen molar-refractivity contribution >= 4 is 17.7 Å². The smallest absolute Gasteiger partial charge is 0.292 e. The maximum absolute atomic E-state index is 12.6. The number of carbonyl (C=O) groups excluding carboxylic acids is 3. The van der Waals surface area contributed by atoms with Gasteiger partial charge in [-0.15, -0.1) is 0 Å². The lowest BCUT2D eigenvalue weighted by Gasteiger charge is -2.20. The van der Waals surface area contributed by atoms with Crippen LogP contribution in [0.4, 0.5) is 0 Å². The number of aliphatic hydroxyl groups is 1. The molecule has 3 amide bonds. The molecule has 3 fully saturated rings. The van der Waals surface area contributed by atoms with Crippen molar-refractivity contribution in [3.8, 4) is 0 Å². The number of aliphatic hydroxyl groups excluding tert-OH is 1. The molecule has 1 aromatic rings. The molecule has 2 aliphatic heterocycles. The number of rotatable bonds is 4. The fraction of sp³-hybridized carbons (Fsp3) is 0.684. The molecule has 0 radical (unpaired) electrons. The van der Waals surface area contributed by atoms with Gasteiger partial charge in [-0.2, -0.15) is 0 Å². The second kappa shape index (κ2) is 7.54. The van der Waals surface area contributed by atoms with Crippen LogP contribution >= 0.6 is 0 Å². The van der Waals surface area contributed by atoms with Crippen molar-refractivity contribution in [1.29, 1.82) is 0 Å². The molecule has 9 heteroatoms. The largest absolute Gasteiger partial charge is 0.391 e. The van der Waals surface area contributed by atoms with Crippen LogP contribution in [0.1, 0.15) is 48.2 Å². The minimum absolute atomic E-state index is 0.0771. The van der Waals surface area contributed by atoms with E-state index in [0.717, 1.165) is 12.8 Å². The Labute approximate surface area is 163 Å². The Morgan fingerprint density at radius 2 is 2.04 bits per heavy atom. The first-order valence-electron chi connectivity index (χ1n) is 9.93. The van der Waals surface area contributed by atoms with Gasteiger partial charge >= 0.3 is 0 Å². The molecule has 0 bridgehead atoms. The second-order valence-corrected chi connectivity index (χ2v) is 8.08. The van der Waals surface area contributed by atoms with Crippen LogP contribution < -0.4 is 5.32 Å². The molecule has 152 valence electrons. The Balaban J connectivity index is 1.35. The molecule has 0 spiro atoms. The highest BCUT2D eigenvalue weighted by Crippen LogP contribution is 2.32. The number of aromatic nitrogens is 1. The van der Waals surface area contributed by atoms with Crippen molar-refractivity contribution in [2.75, 3.05) is 19.6 Å². The standard InChI is InChI=1S/C19H26N4O5/c1-11-9-20-28-16(11)19(27)22-6-4-12(8-14(24)10-22)21-17(25)15-5-7-23(18(15)26)13-2-3-13/h9,12-15,24H,2-8,10H2,1H3,(H,21,25)/t12-,14-,15?/m0/s1. The van der Waals surface area contributed by atoms with Gasteiger partial charge in [0.25, 0.3) is 5.91 Å². The molecule has 0 aromatic carbocycles. The maximum atomic E-state index is 12.6. The highest BCUT2D eigenvalue weighted by atomic mass is 16.5. The van der Waals surface area contributed by atoms with Crippen LogP contribution in [0.15, 0.2) is 10.7 Å². The van der Waals surface area contributed by atoms with Crippen LogP contribution in [0.3, 0.4) is 0 Å². The Bertz CT molecular complexity index is 774. The number of likely N-dealkylation sites (tertiary alicyclic amines) is 2. The van der Waals surface area contributed by atoms with Crippen LogP contribution in [-0.2, 0) is 9.59 Å². The van der Waals surface area contributed by atoms with Crippen molar-refractivity contribution in [2.24, 2.45) is 5.92 Å². The third-order valence-corrected chi connectivity index (χ3v) is 5.86. The Kier molecular flexibility index (Phi) is 5.09. The van der Waals surface area contributed by atoms with Gasteiger partial charge in [0, 0.05) is 37.3 Å². The normalized spacial score (nSPS) is 28.4. The van der Waals surface area contributed by atoms with Gasteiger partial charge in [-0.3, -0.25) is 14.4 Å². The van der Waals surface area contributed by atoms with Crippen LogP contribution in [0.25, 0.3) is 0 Å². The zero-order valence-electron chi connectivity index (χ0n) is 16.0. The monoisotopic (exact) mass is 390 g/mol. The van der Waals surface area contributed by atoms with Gasteiger partial charge in [0.2, 0.25) is 17.6 Å². The summed E-state index contributed by atoms with van der Waals surface area (Å²) in [6, 6.07) is 0.0445. The minimum Gasteiger partial charge on any atom is -0.391 e. The third kappa shape index (κ3) is 3.76. The molecule has 1 unspecified atom stereocenters. The number of hydrogen-bond acceptors (Lipinski definition) is 6. The molecule has 9 nitrogen and oxygen atoms in total. The van der Waals surface area contributed by atoms with Crippen molar-refractivity contribution in [1.82, 2.24) is 20.3 Å². The topological polar surface area (TPSA) is 116 Å². The molecular formula is C19H26N4O5. The molecule has 2 N–H and O–H groups in total. The summed E-state index contributed by atoms with van der Waals surface area (Å²) in [6.45, 7) is 2.94. The van der Waals surface area contributed by atoms with Gasteiger partial charge in [-0.05, 0) is 39.0 Å². The third-order valence-electron chi connectivity index (χ3n) is 5.86. The Morgan fingerprint density at radius 3 is 2.71 bits per heavy atom. The summed E-state index contributed by atoms with van der Waals surface area (Å²) in [5.41, 5.74) is 0.647. The molecule has 2 saturated heterocycles. The van der Waals surface area contributed by atoms with Crippen LogP contribution in [0.5, 0.6) is 0 Å². The molecule has 1 saturated carbocycles. The van der Waals surface area contributed by atoms with E-state index in [0.29, 0.717) is 44.0 Å². The van der Waals surface area contributed by atoms with Crippen LogP contribution in [0, 0.1) is 12.8 Å². The van der Waals surface area contributed by atoms with Gasteiger partial charge in [0.1, 0.15) is 5.92 Å². The van der Waals surface area contributed by atoms with E-state index in [1.807, 2.05) is 4.90 Å². The van der Waals surface area contributed by atoms with E-state index in [1.54, 1.807) is 6.92 Å². The molecule has 28 heavy (non-hydrogen) atoms. The number of hydrogen-bond donors (Lipinski definition) is 2. The second-order valence-electron chi connectivity index (χ2n) is 8.08. The summed E-state index contributed by atoms with van der Waals surface area (Å²) in [5, 5.41) is 16.9. The number of β-amino-alcohol motifs (C(OH)–C–C–N with tert-alkyl or cyclic N) is 1. The van der Waals surface area contributed by atoms with E-state index in [-0.39, 0.29) is 36.1 Å². The number of aryl methyl sites for hydroxylation is 1. The highest BCUT2D eigenvalue weighted by Gasteiger charge is 2.43. The lowest BCUT2D eigenvalue weighted by Crippen LogP contribution is -2.43. The molecule has 1 aromatic heterocycles. The molecular weight excluding hydrogens is 364 g/mol. The predicted molar refractivity (Wildman–Crippen MR) is 97.2 cm³/mol. The van der Waals surface area contributed by atoms with E-state index < -0.39 is 12.0 Å². The number of nitrogens with one attached hydrogen (secondary N) is 1. The first kappa shape index (κ1) is 18.9. The zero-order chi connectivity index (χ0) is 19.8.